The highest BCUT2D eigenvalue weighted by Crippen LogP contribution is 2.55. The molecule has 0 spiro atoms. The normalized spacial score (nSPS) is 48.3. The summed E-state index contributed by atoms with van der Waals surface area (Å²) >= 11 is 3.57. The first kappa shape index (κ1) is 6.21. The van der Waals surface area contributed by atoms with Gasteiger partial charge in [0.25, 0.3) is 0 Å². The van der Waals surface area contributed by atoms with Crippen LogP contribution in [0.3, 0.4) is 0 Å². The van der Waals surface area contributed by atoms with E-state index in [1.54, 1.807) is 0 Å². The van der Waals surface area contributed by atoms with E-state index in [-0.39, 0.29) is 0 Å². The molecular formula is C8H13Br. The second-order valence-electron chi connectivity index (χ2n) is 3.43. The molecule has 0 aromatic carbocycles. The summed E-state index contributed by atoms with van der Waals surface area (Å²) in [7, 11) is 0. The van der Waals surface area contributed by atoms with Gasteiger partial charge in [-0.15, -0.1) is 0 Å². The molecule has 2 rings (SSSR count). The predicted molar refractivity (Wildman–Crippen MR) is 42.7 cm³/mol. The van der Waals surface area contributed by atoms with Crippen molar-refractivity contribution in [1.82, 2.24) is 0 Å². The molecular weight excluding hydrogens is 176 g/mol. The molecule has 2 aliphatic rings. The Bertz CT molecular complexity index is 92.4. The molecule has 0 aliphatic heterocycles. The number of halogens is 1. The number of hydrogen-bond donors (Lipinski definition) is 0. The zero-order valence-corrected chi connectivity index (χ0v) is 7.23. The van der Waals surface area contributed by atoms with E-state index in [1.807, 2.05) is 0 Å². The maximum absolute atomic E-state index is 3.57. The summed E-state index contributed by atoms with van der Waals surface area (Å²) < 4.78 is 0. The van der Waals surface area contributed by atoms with Crippen LogP contribution in [-0.4, -0.2) is 5.33 Å². The standard InChI is InChI=1S/C8H13Br/c9-5-8-6-3-1-2-4-7(6)8/h6-8H,1-5H2/t6-,7+,8?. The van der Waals surface area contributed by atoms with Gasteiger partial charge in [-0.25, -0.2) is 0 Å². The Kier molecular flexibility index (Phi) is 1.56. The Morgan fingerprint density at radius 2 is 1.67 bits per heavy atom. The van der Waals surface area contributed by atoms with Gasteiger partial charge in [-0.05, 0) is 30.6 Å². The fourth-order valence-corrected chi connectivity index (χ4v) is 3.33. The predicted octanol–water partition coefficient (Wildman–Crippen LogP) is 2.82. The first-order chi connectivity index (χ1) is 4.43. The highest BCUT2D eigenvalue weighted by molar-refractivity contribution is 9.09. The van der Waals surface area contributed by atoms with Crippen molar-refractivity contribution in [1.29, 1.82) is 0 Å². The van der Waals surface area contributed by atoms with Crippen molar-refractivity contribution in [2.45, 2.75) is 25.7 Å². The summed E-state index contributed by atoms with van der Waals surface area (Å²) in [6.07, 6.45) is 6.07. The fraction of sp³-hybridized carbons (Fsp3) is 1.00. The van der Waals surface area contributed by atoms with Gasteiger partial charge in [0.05, 0.1) is 0 Å². The van der Waals surface area contributed by atoms with Crippen molar-refractivity contribution in [3.8, 4) is 0 Å². The molecule has 0 aromatic rings. The second kappa shape index (κ2) is 2.26. The highest BCUT2D eigenvalue weighted by Gasteiger charge is 2.49. The summed E-state index contributed by atoms with van der Waals surface area (Å²) in [5.41, 5.74) is 0. The van der Waals surface area contributed by atoms with Gasteiger partial charge in [0.1, 0.15) is 0 Å². The van der Waals surface area contributed by atoms with E-state index < -0.39 is 0 Å². The Morgan fingerprint density at radius 1 is 1.11 bits per heavy atom. The average molecular weight is 189 g/mol. The molecule has 3 atom stereocenters. The molecule has 52 valence electrons. The van der Waals surface area contributed by atoms with Crippen LogP contribution in [0, 0.1) is 17.8 Å². The van der Waals surface area contributed by atoms with Crippen molar-refractivity contribution in [3.63, 3.8) is 0 Å². The molecule has 1 unspecified atom stereocenters. The molecule has 0 bridgehead atoms. The lowest BCUT2D eigenvalue weighted by molar-refractivity contribution is 0.480. The zero-order chi connectivity index (χ0) is 6.27. The minimum Gasteiger partial charge on any atom is -0.0925 e. The van der Waals surface area contributed by atoms with Gasteiger partial charge in [-0.2, -0.15) is 0 Å². The molecule has 2 saturated carbocycles. The molecule has 1 heteroatoms. The lowest BCUT2D eigenvalue weighted by Gasteiger charge is -2.04. The minimum absolute atomic E-state index is 1.08. The summed E-state index contributed by atoms with van der Waals surface area (Å²) in [5.74, 6) is 3.35. The molecule has 2 fully saturated rings. The monoisotopic (exact) mass is 188 g/mol. The van der Waals surface area contributed by atoms with Gasteiger partial charge in [0.15, 0.2) is 0 Å². The Labute approximate surface area is 65.1 Å². The van der Waals surface area contributed by atoms with E-state index in [2.05, 4.69) is 15.9 Å². The van der Waals surface area contributed by atoms with Gasteiger partial charge < -0.3 is 0 Å². The van der Waals surface area contributed by atoms with Crippen LogP contribution in [0.2, 0.25) is 0 Å². The molecule has 0 radical (unpaired) electrons. The zero-order valence-electron chi connectivity index (χ0n) is 5.65. The largest absolute Gasteiger partial charge is 0.0925 e. The Hall–Kier alpha value is 0.480. The molecule has 2 aliphatic carbocycles. The SMILES string of the molecule is BrCC1[C@H]2CCCC[C@@H]12. The van der Waals surface area contributed by atoms with Crippen LogP contribution in [0.1, 0.15) is 25.7 Å². The molecule has 0 saturated heterocycles. The average Bonchev–Trinajstić information content (AvgIpc) is 2.60. The van der Waals surface area contributed by atoms with Crippen LogP contribution in [0.4, 0.5) is 0 Å². The maximum Gasteiger partial charge on any atom is 0.00651 e. The van der Waals surface area contributed by atoms with Crippen LogP contribution in [0.15, 0.2) is 0 Å². The van der Waals surface area contributed by atoms with E-state index in [0.29, 0.717) is 0 Å². The second-order valence-corrected chi connectivity index (χ2v) is 4.08. The van der Waals surface area contributed by atoms with E-state index in [0.717, 1.165) is 17.8 Å². The smallest absolute Gasteiger partial charge is 0.00651 e. The lowest BCUT2D eigenvalue weighted by atomic mass is 10.0. The molecule has 9 heavy (non-hydrogen) atoms. The number of rotatable bonds is 1. The summed E-state index contributed by atoms with van der Waals surface area (Å²) in [6, 6.07) is 0. The summed E-state index contributed by atoms with van der Waals surface area (Å²) in [5, 5.41) is 1.27. The van der Waals surface area contributed by atoms with Crippen LogP contribution in [0.5, 0.6) is 0 Å². The third kappa shape index (κ3) is 0.938. The van der Waals surface area contributed by atoms with Crippen LogP contribution >= 0.6 is 15.9 Å². The van der Waals surface area contributed by atoms with Gasteiger partial charge in [-0.3, -0.25) is 0 Å². The number of fused-ring (bicyclic) bond motifs is 1. The minimum atomic E-state index is 1.08. The lowest BCUT2D eigenvalue weighted by Crippen LogP contribution is -1.91. The van der Waals surface area contributed by atoms with Crippen LogP contribution < -0.4 is 0 Å². The first-order valence-electron chi connectivity index (χ1n) is 3.99. The van der Waals surface area contributed by atoms with Gasteiger partial charge in [0.2, 0.25) is 0 Å². The molecule has 0 amide bonds. The van der Waals surface area contributed by atoms with Crippen molar-refractivity contribution in [2.75, 3.05) is 5.33 Å². The van der Waals surface area contributed by atoms with Crippen molar-refractivity contribution < 1.29 is 0 Å². The molecule has 0 aromatic heterocycles. The van der Waals surface area contributed by atoms with Gasteiger partial charge in [-0.1, -0.05) is 28.8 Å². The summed E-state index contributed by atoms with van der Waals surface area (Å²) in [6.45, 7) is 0. The highest BCUT2D eigenvalue weighted by atomic mass is 79.9. The van der Waals surface area contributed by atoms with Crippen molar-refractivity contribution >= 4 is 15.9 Å². The third-order valence-electron chi connectivity index (χ3n) is 3.01. The Balaban J connectivity index is 1.91. The molecule has 0 heterocycles. The summed E-state index contributed by atoms with van der Waals surface area (Å²) in [4.78, 5) is 0. The maximum atomic E-state index is 3.57. The van der Waals surface area contributed by atoms with E-state index >= 15 is 0 Å². The number of alkyl halides is 1. The van der Waals surface area contributed by atoms with Gasteiger partial charge in [0, 0.05) is 5.33 Å². The molecule has 0 N–H and O–H groups in total. The van der Waals surface area contributed by atoms with E-state index in [4.69, 9.17) is 0 Å². The quantitative estimate of drug-likeness (QED) is 0.556. The number of hydrogen-bond acceptors (Lipinski definition) is 0. The van der Waals surface area contributed by atoms with Crippen molar-refractivity contribution in [2.24, 2.45) is 17.8 Å². The first-order valence-corrected chi connectivity index (χ1v) is 5.11. The molecule has 0 nitrogen and oxygen atoms in total. The Morgan fingerprint density at radius 3 is 2.11 bits per heavy atom. The van der Waals surface area contributed by atoms with Crippen LogP contribution in [0.25, 0.3) is 0 Å². The third-order valence-corrected chi connectivity index (χ3v) is 3.76. The van der Waals surface area contributed by atoms with Crippen LogP contribution in [-0.2, 0) is 0 Å². The fourth-order valence-electron chi connectivity index (χ4n) is 2.37. The van der Waals surface area contributed by atoms with Gasteiger partial charge >= 0.3 is 0 Å². The van der Waals surface area contributed by atoms with E-state index in [9.17, 15) is 0 Å². The van der Waals surface area contributed by atoms with Crippen molar-refractivity contribution in [3.05, 3.63) is 0 Å². The van der Waals surface area contributed by atoms with E-state index in [1.165, 1.54) is 31.0 Å². The topological polar surface area (TPSA) is 0 Å².